The molecule has 0 fully saturated rings. The van der Waals surface area contributed by atoms with Crippen LogP contribution in [0, 0.1) is 27.7 Å². The zero-order chi connectivity index (χ0) is 25.0. The fraction of sp³-hybridized carbons (Fsp3) is 0.280. The summed E-state index contributed by atoms with van der Waals surface area (Å²) in [5.41, 5.74) is 9.09. The molecule has 1 amide bonds. The van der Waals surface area contributed by atoms with Crippen LogP contribution in [0.2, 0.25) is 0 Å². The average Bonchev–Trinajstić information content (AvgIpc) is 3.04. The van der Waals surface area contributed by atoms with Crippen molar-refractivity contribution < 1.29 is 17.9 Å². The van der Waals surface area contributed by atoms with Crippen LogP contribution in [0.15, 0.2) is 53.6 Å². The number of nitrogens with one attached hydrogen (secondary N) is 1. The van der Waals surface area contributed by atoms with Gasteiger partial charge in [-0.15, -0.1) is 0 Å². The Morgan fingerprint density at radius 1 is 1.12 bits per heavy atom. The monoisotopic (exact) mass is 482 g/mol. The molecule has 3 rings (SSSR count). The molecule has 1 aromatic heterocycles. The molecule has 0 aliphatic carbocycles. The van der Waals surface area contributed by atoms with Crippen molar-refractivity contribution in [3.8, 4) is 11.4 Å². The smallest absolute Gasteiger partial charge is 0.260 e. The van der Waals surface area contributed by atoms with Crippen LogP contribution >= 0.6 is 0 Å². The fourth-order valence-corrected chi connectivity index (χ4v) is 4.70. The minimum atomic E-state index is -3.70. The molecule has 0 radical (unpaired) electrons. The molecule has 34 heavy (non-hydrogen) atoms. The number of hydrogen-bond acceptors (Lipinski definition) is 5. The van der Waals surface area contributed by atoms with E-state index in [1.165, 1.54) is 12.7 Å². The van der Waals surface area contributed by atoms with E-state index in [0.717, 1.165) is 38.8 Å². The lowest BCUT2D eigenvalue weighted by Gasteiger charge is -2.21. The van der Waals surface area contributed by atoms with E-state index in [9.17, 15) is 13.2 Å². The quantitative estimate of drug-likeness (QED) is 0.392. The zero-order valence-corrected chi connectivity index (χ0v) is 21.1. The Balaban J connectivity index is 1.76. The molecule has 0 aliphatic rings. The molecule has 2 aromatic carbocycles. The third kappa shape index (κ3) is 5.66. The molecule has 0 spiro atoms. The SMILES string of the molecule is COc1cccc(N(CC(=O)N/N=C\c2cc(C)n(-c3ccc(C)cc3C)c2C)S(C)(=O)=O)c1. The van der Waals surface area contributed by atoms with Gasteiger partial charge in [0.2, 0.25) is 10.0 Å². The Bertz CT molecular complexity index is 1340. The molecule has 3 aromatic rings. The number of nitrogens with zero attached hydrogens (tertiary/aromatic N) is 3. The molecular weight excluding hydrogens is 452 g/mol. The van der Waals surface area contributed by atoms with E-state index >= 15 is 0 Å². The van der Waals surface area contributed by atoms with E-state index < -0.39 is 22.5 Å². The van der Waals surface area contributed by atoms with Gasteiger partial charge in [-0.2, -0.15) is 5.10 Å². The summed E-state index contributed by atoms with van der Waals surface area (Å²) in [5.74, 6) is -0.0727. The molecule has 0 saturated heterocycles. The van der Waals surface area contributed by atoms with E-state index in [1.807, 2.05) is 19.9 Å². The fourth-order valence-electron chi connectivity index (χ4n) is 3.85. The van der Waals surface area contributed by atoms with Crippen LogP contribution in [0.3, 0.4) is 0 Å². The number of aromatic nitrogens is 1. The highest BCUT2D eigenvalue weighted by atomic mass is 32.2. The van der Waals surface area contributed by atoms with Crippen molar-refractivity contribution in [2.45, 2.75) is 27.7 Å². The van der Waals surface area contributed by atoms with Gasteiger partial charge in [0.1, 0.15) is 12.3 Å². The Hall–Kier alpha value is -3.59. The third-order valence-electron chi connectivity index (χ3n) is 5.49. The summed E-state index contributed by atoms with van der Waals surface area (Å²) < 4.78 is 32.9. The van der Waals surface area contributed by atoms with Crippen molar-refractivity contribution in [1.82, 2.24) is 9.99 Å². The Kier molecular flexibility index (Phi) is 7.46. The van der Waals surface area contributed by atoms with Crippen molar-refractivity contribution in [2.75, 3.05) is 24.2 Å². The number of hydrazone groups is 1. The van der Waals surface area contributed by atoms with E-state index in [1.54, 1.807) is 30.5 Å². The van der Waals surface area contributed by atoms with Crippen LogP contribution in [-0.2, 0) is 14.8 Å². The van der Waals surface area contributed by atoms with E-state index in [2.05, 4.69) is 47.1 Å². The summed E-state index contributed by atoms with van der Waals surface area (Å²) in [6.07, 6.45) is 2.61. The number of rotatable bonds is 8. The molecule has 0 aliphatic heterocycles. The second-order valence-corrected chi connectivity index (χ2v) is 10.1. The van der Waals surface area contributed by atoms with Gasteiger partial charge in [-0.1, -0.05) is 23.8 Å². The number of sulfonamides is 1. The molecule has 0 bridgehead atoms. The summed E-state index contributed by atoms with van der Waals surface area (Å²) in [5, 5.41) is 4.07. The summed E-state index contributed by atoms with van der Waals surface area (Å²) in [7, 11) is -2.21. The predicted molar refractivity (Wildman–Crippen MR) is 136 cm³/mol. The Morgan fingerprint density at radius 3 is 2.50 bits per heavy atom. The van der Waals surface area contributed by atoms with Crippen LogP contribution < -0.4 is 14.5 Å². The zero-order valence-electron chi connectivity index (χ0n) is 20.3. The number of amides is 1. The molecule has 0 atom stereocenters. The first-order valence-electron chi connectivity index (χ1n) is 10.7. The highest BCUT2D eigenvalue weighted by molar-refractivity contribution is 7.92. The van der Waals surface area contributed by atoms with Crippen LogP contribution in [0.4, 0.5) is 5.69 Å². The maximum absolute atomic E-state index is 12.5. The van der Waals surface area contributed by atoms with Gasteiger partial charge in [-0.05, 0) is 57.5 Å². The average molecular weight is 483 g/mol. The standard InChI is InChI=1S/C25H30N4O4S/c1-17-10-11-24(18(2)12-17)29-19(3)13-21(20(29)4)15-26-27-25(30)16-28(34(6,31)32)22-8-7-9-23(14-22)33-5/h7-15H,16H2,1-6H3,(H,27,30)/b26-15-. The number of carbonyl (C=O) groups excluding carboxylic acids is 1. The predicted octanol–water partition coefficient (Wildman–Crippen LogP) is 3.64. The second-order valence-electron chi connectivity index (χ2n) is 8.22. The largest absolute Gasteiger partial charge is 0.497 e. The van der Waals surface area contributed by atoms with Crippen LogP contribution in [-0.4, -0.2) is 45.0 Å². The van der Waals surface area contributed by atoms with Crippen LogP contribution in [0.1, 0.15) is 28.1 Å². The third-order valence-corrected chi connectivity index (χ3v) is 6.63. The van der Waals surface area contributed by atoms with Crippen molar-refractivity contribution in [1.29, 1.82) is 0 Å². The van der Waals surface area contributed by atoms with Gasteiger partial charge in [-0.25, -0.2) is 13.8 Å². The lowest BCUT2D eigenvalue weighted by atomic mass is 10.1. The van der Waals surface area contributed by atoms with E-state index in [-0.39, 0.29) is 0 Å². The van der Waals surface area contributed by atoms with Gasteiger partial charge in [0.15, 0.2) is 0 Å². The first-order valence-corrected chi connectivity index (χ1v) is 12.6. The van der Waals surface area contributed by atoms with Crippen LogP contribution in [0.5, 0.6) is 5.75 Å². The van der Waals surface area contributed by atoms with Gasteiger partial charge >= 0.3 is 0 Å². The molecule has 1 N–H and O–H groups in total. The number of methoxy groups -OCH3 is 1. The topological polar surface area (TPSA) is 93.0 Å². The number of carbonyl (C=O) groups is 1. The first-order chi connectivity index (χ1) is 16.0. The minimum Gasteiger partial charge on any atom is -0.497 e. The molecular formula is C25H30N4O4S. The first kappa shape index (κ1) is 25.0. The van der Waals surface area contributed by atoms with Crippen LogP contribution in [0.25, 0.3) is 5.69 Å². The molecule has 0 unspecified atom stereocenters. The number of anilines is 1. The normalized spacial score (nSPS) is 11.6. The van der Waals surface area contributed by atoms with Gasteiger partial charge < -0.3 is 9.30 Å². The van der Waals surface area contributed by atoms with E-state index in [4.69, 9.17) is 4.74 Å². The number of hydrogen-bond donors (Lipinski definition) is 1. The minimum absolute atomic E-state index is 0.331. The summed E-state index contributed by atoms with van der Waals surface area (Å²) in [4.78, 5) is 12.5. The van der Waals surface area contributed by atoms with Gasteiger partial charge in [0.05, 0.1) is 25.3 Å². The maximum Gasteiger partial charge on any atom is 0.260 e. The Labute approximate surface area is 200 Å². The second kappa shape index (κ2) is 10.1. The van der Waals surface area contributed by atoms with Crippen molar-refractivity contribution in [3.63, 3.8) is 0 Å². The molecule has 1 heterocycles. The van der Waals surface area contributed by atoms with E-state index in [0.29, 0.717) is 11.4 Å². The lowest BCUT2D eigenvalue weighted by molar-refractivity contribution is -0.119. The highest BCUT2D eigenvalue weighted by Crippen LogP contribution is 2.24. The molecule has 8 nitrogen and oxygen atoms in total. The summed E-state index contributed by atoms with van der Waals surface area (Å²) in [6, 6.07) is 14.8. The van der Waals surface area contributed by atoms with Crippen molar-refractivity contribution in [2.24, 2.45) is 5.10 Å². The molecule has 0 saturated carbocycles. The Morgan fingerprint density at radius 2 is 1.85 bits per heavy atom. The van der Waals surface area contributed by atoms with Crippen molar-refractivity contribution in [3.05, 3.63) is 76.6 Å². The van der Waals surface area contributed by atoms with Gasteiger partial charge in [0, 0.05) is 28.7 Å². The maximum atomic E-state index is 12.5. The number of aryl methyl sites for hydroxylation is 3. The van der Waals surface area contributed by atoms with Crippen molar-refractivity contribution >= 4 is 27.8 Å². The van der Waals surface area contributed by atoms with Gasteiger partial charge in [0.25, 0.3) is 5.91 Å². The summed E-state index contributed by atoms with van der Waals surface area (Å²) >= 11 is 0. The molecule has 9 heteroatoms. The lowest BCUT2D eigenvalue weighted by Crippen LogP contribution is -2.39. The number of benzene rings is 2. The van der Waals surface area contributed by atoms with Gasteiger partial charge in [-0.3, -0.25) is 9.10 Å². The summed E-state index contributed by atoms with van der Waals surface area (Å²) in [6.45, 7) is 7.73. The molecule has 180 valence electrons. The highest BCUT2D eigenvalue weighted by Gasteiger charge is 2.21. The number of ether oxygens (including phenoxy) is 1.